The number of rotatable bonds is 4. The molecule has 20 heavy (non-hydrogen) atoms. The van der Waals surface area contributed by atoms with Gasteiger partial charge in [0.05, 0.1) is 6.61 Å². The summed E-state index contributed by atoms with van der Waals surface area (Å²) in [6.07, 6.45) is 8.58. The molecule has 1 unspecified atom stereocenters. The standard InChI is InChI=1S/C17H31NO.ClH/c1-16(2,3)11-18-15(10-19)17-7-12-4-13(8-17)6-14(5-12)9-17;/h12-15,18-19H,4-11H2,1-3H3;1H/p-1. The lowest BCUT2D eigenvalue weighted by atomic mass is 9.47. The van der Waals surface area contributed by atoms with Gasteiger partial charge < -0.3 is 22.8 Å². The summed E-state index contributed by atoms with van der Waals surface area (Å²) in [5.41, 5.74) is 0.727. The first-order valence-electron chi connectivity index (χ1n) is 8.24. The summed E-state index contributed by atoms with van der Waals surface area (Å²) in [7, 11) is 0. The Kier molecular flexibility index (Phi) is 4.79. The van der Waals surface area contributed by atoms with E-state index in [-0.39, 0.29) is 12.4 Å². The molecule has 3 heteroatoms. The second-order valence-electron chi connectivity index (χ2n) is 8.96. The molecular weight excluding hydrogens is 270 g/mol. The topological polar surface area (TPSA) is 32.3 Å². The van der Waals surface area contributed by atoms with Crippen LogP contribution in [0, 0.1) is 28.6 Å². The second kappa shape index (κ2) is 5.78. The zero-order valence-corrected chi connectivity index (χ0v) is 14.0. The molecule has 4 saturated carbocycles. The summed E-state index contributed by atoms with van der Waals surface area (Å²) < 4.78 is 0. The molecule has 118 valence electrons. The molecule has 0 heterocycles. The first-order chi connectivity index (χ1) is 8.90. The number of hydrogen-bond donors (Lipinski definition) is 2. The highest BCUT2D eigenvalue weighted by molar-refractivity contribution is 5.06. The minimum absolute atomic E-state index is 0. The van der Waals surface area contributed by atoms with Crippen molar-refractivity contribution in [1.82, 2.24) is 5.32 Å². The fourth-order valence-corrected chi connectivity index (χ4v) is 5.51. The van der Waals surface area contributed by atoms with Gasteiger partial charge in [0.1, 0.15) is 0 Å². The average molecular weight is 301 g/mol. The van der Waals surface area contributed by atoms with Crippen molar-refractivity contribution in [2.45, 2.75) is 65.3 Å². The van der Waals surface area contributed by atoms with Crippen LogP contribution in [-0.2, 0) is 0 Å². The van der Waals surface area contributed by atoms with Crippen LogP contribution < -0.4 is 17.7 Å². The molecule has 0 amide bonds. The maximum Gasteiger partial charge on any atom is 0.0590 e. The molecule has 0 aromatic carbocycles. The van der Waals surface area contributed by atoms with Crippen LogP contribution in [0.3, 0.4) is 0 Å². The fraction of sp³-hybridized carbons (Fsp3) is 1.00. The number of aliphatic hydroxyl groups is 1. The molecule has 4 rings (SSSR count). The molecular formula is C17H31ClNO-. The Hall–Kier alpha value is 0.210. The number of hydrogen-bond acceptors (Lipinski definition) is 2. The highest BCUT2D eigenvalue weighted by Crippen LogP contribution is 2.61. The van der Waals surface area contributed by atoms with Crippen molar-refractivity contribution in [1.29, 1.82) is 0 Å². The van der Waals surface area contributed by atoms with Crippen molar-refractivity contribution >= 4 is 0 Å². The van der Waals surface area contributed by atoms with E-state index in [1.54, 1.807) is 0 Å². The summed E-state index contributed by atoms with van der Waals surface area (Å²) in [5, 5.41) is 13.6. The van der Waals surface area contributed by atoms with E-state index in [0.29, 0.717) is 23.5 Å². The third kappa shape index (κ3) is 3.18. The Morgan fingerprint density at radius 3 is 1.85 bits per heavy atom. The molecule has 1 atom stereocenters. The first-order valence-corrected chi connectivity index (χ1v) is 8.24. The minimum Gasteiger partial charge on any atom is -1.00 e. The van der Waals surface area contributed by atoms with Crippen LogP contribution in [0.25, 0.3) is 0 Å². The van der Waals surface area contributed by atoms with Gasteiger partial charge in [-0.1, -0.05) is 20.8 Å². The number of aliphatic hydroxyl groups excluding tert-OH is 1. The van der Waals surface area contributed by atoms with E-state index in [1.807, 2.05) is 0 Å². The van der Waals surface area contributed by atoms with Crippen molar-refractivity contribution in [3.8, 4) is 0 Å². The van der Waals surface area contributed by atoms with Crippen LogP contribution in [0.4, 0.5) is 0 Å². The van der Waals surface area contributed by atoms with Gasteiger partial charge in [-0.15, -0.1) is 0 Å². The molecule has 2 nitrogen and oxygen atoms in total. The summed E-state index contributed by atoms with van der Waals surface area (Å²) in [6, 6.07) is 0.333. The van der Waals surface area contributed by atoms with Gasteiger partial charge in [0.15, 0.2) is 0 Å². The van der Waals surface area contributed by atoms with Gasteiger partial charge in [-0.3, -0.25) is 0 Å². The zero-order chi connectivity index (χ0) is 13.7. The Labute approximate surface area is 130 Å². The third-order valence-corrected chi connectivity index (χ3v) is 5.89. The van der Waals surface area contributed by atoms with E-state index in [0.717, 1.165) is 24.3 Å². The van der Waals surface area contributed by atoms with E-state index in [1.165, 1.54) is 38.5 Å². The normalized spacial score (nSPS) is 40.5. The Bertz CT molecular complexity index is 301. The van der Waals surface area contributed by atoms with Crippen molar-refractivity contribution in [3.63, 3.8) is 0 Å². The lowest BCUT2D eigenvalue weighted by Crippen LogP contribution is -3.00. The summed E-state index contributed by atoms with van der Waals surface area (Å²) in [6.45, 7) is 8.15. The largest absolute Gasteiger partial charge is 1.00 e. The molecule has 0 aromatic rings. The molecule has 2 N–H and O–H groups in total. The fourth-order valence-electron chi connectivity index (χ4n) is 5.51. The Morgan fingerprint density at radius 2 is 1.50 bits per heavy atom. The monoisotopic (exact) mass is 300 g/mol. The molecule has 4 fully saturated rings. The molecule has 0 aromatic heterocycles. The lowest BCUT2D eigenvalue weighted by Gasteiger charge is -2.59. The highest BCUT2D eigenvalue weighted by Gasteiger charge is 2.53. The minimum atomic E-state index is 0. The van der Waals surface area contributed by atoms with Crippen molar-refractivity contribution < 1.29 is 17.5 Å². The maximum absolute atomic E-state index is 9.92. The first kappa shape index (κ1) is 16.6. The number of halogens is 1. The van der Waals surface area contributed by atoms with Gasteiger partial charge in [0.2, 0.25) is 0 Å². The zero-order valence-electron chi connectivity index (χ0n) is 13.3. The molecule has 0 saturated heterocycles. The lowest BCUT2D eigenvalue weighted by molar-refractivity contribution is -0.0835. The molecule has 0 spiro atoms. The predicted molar refractivity (Wildman–Crippen MR) is 78.9 cm³/mol. The maximum atomic E-state index is 9.92. The van der Waals surface area contributed by atoms with E-state index in [9.17, 15) is 5.11 Å². The van der Waals surface area contributed by atoms with Crippen LogP contribution >= 0.6 is 0 Å². The van der Waals surface area contributed by atoms with Gasteiger partial charge >= 0.3 is 0 Å². The third-order valence-electron chi connectivity index (χ3n) is 5.89. The quantitative estimate of drug-likeness (QED) is 0.778. The Morgan fingerprint density at radius 1 is 1.05 bits per heavy atom. The van der Waals surface area contributed by atoms with Crippen LogP contribution in [0.5, 0.6) is 0 Å². The second-order valence-corrected chi connectivity index (χ2v) is 8.96. The predicted octanol–water partition coefficient (Wildman–Crippen LogP) is 0.203. The van der Waals surface area contributed by atoms with Gasteiger partial charge in [0.25, 0.3) is 0 Å². The average Bonchev–Trinajstić information content (AvgIpc) is 2.25. The SMILES string of the molecule is CC(C)(C)CNC(CO)C12CC3CC(CC(C3)C1)C2.[Cl-]. The Balaban J connectivity index is 0.00000147. The molecule has 0 radical (unpaired) electrons. The number of nitrogens with one attached hydrogen (secondary N) is 1. The summed E-state index contributed by atoms with van der Waals surface area (Å²) in [5.74, 6) is 2.91. The van der Waals surface area contributed by atoms with Gasteiger partial charge in [-0.25, -0.2) is 0 Å². The van der Waals surface area contributed by atoms with E-state index in [2.05, 4.69) is 26.1 Å². The van der Waals surface area contributed by atoms with Crippen LogP contribution in [0.15, 0.2) is 0 Å². The molecule has 4 aliphatic rings. The summed E-state index contributed by atoms with van der Waals surface area (Å²) >= 11 is 0. The van der Waals surface area contributed by atoms with Gasteiger partial charge in [0, 0.05) is 12.6 Å². The molecule has 0 aliphatic heterocycles. The smallest absolute Gasteiger partial charge is 0.0590 e. The van der Waals surface area contributed by atoms with Crippen molar-refractivity contribution in [2.75, 3.05) is 13.2 Å². The van der Waals surface area contributed by atoms with Crippen molar-refractivity contribution in [2.24, 2.45) is 28.6 Å². The van der Waals surface area contributed by atoms with E-state index < -0.39 is 0 Å². The van der Waals surface area contributed by atoms with E-state index in [4.69, 9.17) is 0 Å². The van der Waals surface area contributed by atoms with Crippen LogP contribution in [0.1, 0.15) is 59.3 Å². The van der Waals surface area contributed by atoms with Crippen molar-refractivity contribution in [3.05, 3.63) is 0 Å². The van der Waals surface area contributed by atoms with Gasteiger partial charge in [-0.2, -0.15) is 0 Å². The molecule has 4 bridgehead atoms. The van der Waals surface area contributed by atoms with Crippen LogP contribution in [-0.4, -0.2) is 24.3 Å². The highest BCUT2D eigenvalue weighted by atomic mass is 35.5. The van der Waals surface area contributed by atoms with E-state index >= 15 is 0 Å². The van der Waals surface area contributed by atoms with Crippen LogP contribution in [0.2, 0.25) is 0 Å². The molecule has 4 aliphatic carbocycles. The summed E-state index contributed by atoms with van der Waals surface area (Å²) in [4.78, 5) is 0. The van der Waals surface area contributed by atoms with Gasteiger partial charge in [-0.05, 0) is 67.1 Å².